The molecule has 6 nitrogen and oxygen atoms in total. The number of aryl methyl sites for hydroxylation is 2. The number of nitrogens with zero attached hydrogens (tertiary/aromatic N) is 2. The number of benzene rings is 1. The molecule has 27 heavy (non-hydrogen) atoms. The van der Waals surface area contributed by atoms with E-state index in [0.29, 0.717) is 16.4 Å². The van der Waals surface area contributed by atoms with Crippen molar-refractivity contribution in [3.63, 3.8) is 0 Å². The number of rotatable bonds is 5. The Balaban J connectivity index is 1.87. The van der Waals surface area contributed by atoms with Crippen molar-refractivity contribution < 1.29 is 12.8 Å². The minimum Gasteiger partial charge on any atom is -0.422 e. The highest BCUT2D eigenvalue weighted by Crippen LogP contribution is 2.28. The smallest absolute Gasteiger partial charge is 0.336 e. The molecule has 0 bridgehead atoms. The summed E-state index contributed by atoms with van der Waals surface area (Å²) >= 11 is 1.43. The van der Waals surface area contributed by atoms with Gasteiger partial charge in [0.2, 0.25) is 10.0 Å². The molecule has 0 saturated carbocycles. The third-order valence-corrected chi connectivity index (χ3v) is 7.17. The number of aromatic nitrogens is 1. The van der Waals surface area contributed by atoms with Gasteiger partial charge in [-0.15, -0.1) is 11.8 Å². The predicted molar refractivity (Wildman–Crippen MR) is 107 cm³/mol. The standard InChI is InChI=1S/C19H20N2O4S2/c1-12-5-7-16-14(9-18(22)25-19(16)13(12)2)11-26-17-8-6-15(10-20-17)27(23,24)21(3)4/h5-10H,11H2,1-4H3. The minimum absolute atomic E-state index is 0.147. The lowest BCUT2D eigenvalue weighted by Crippen LogP contribution is -2.22. The maximum atomic E-state index is 12.1. The highest BCUT2D eigenvalue weighted by Gasteiger charge is 2.17. The van der Waals surface area contributed by atoms with Gasteiger partial charge in [0.1, 0.15) is 10.5 Å². The summed E-state index contributed by atoms with van der Waals surface area (Å²) in [5, 5.41) is 1.58. The first-order chi connectivity index (χ1) is 12.7. The first-order valence-electron chi connectivity index (χ1n) is 8.24. The Morgan fingerprint density at radius 1 is 1.15 bits per heavy atom. The van der Waals surface area contributed by atoms with Crippen molar-refractivity contribution in [1.82, 2.24) is 9.29 Å². The molecule has 0 aliphatic carbocycles. The molecule has 3 aromatic rings. The van der Waals surface area contributed by atoms with Gasteiger partial charge >= 0.3 is 5.63 Å². The van der Waals surface area contributed by atoms with Crippen LogP contribution in [0.2, 0.25) is 0 Å². The molecule has 0 spiro atoms. The number of hydrogen-bond donors (Lipinski definition) is 0. The van der Waals surface area contributed by atoms with Gasteiger partial charge in [-0.05, 0) is 42.7 Å². The van der Waals surface area contributed by atoms with E-state index in [2.05, 4.69) is 4.98 Å². The second kappa shape index (κ2) is 7.46. The molecule has 1 aromatic carbocycles. The maximum Gasteiger partial charge on any atom is 0.336 e. The van der Waals surface area contributed by atoms with Crippen molar-refractivity contribution in [1.29, 1.82) is 0 Å². The zero-order valence-electron chi connectivity index (χ0n) is 15.5. The Kier molecular flexibility index (Phi) is 5.41. The second-order valence-electron chi connectivity index (χ2n) is 6.38. The van der Waals surface area contributed by atoms with Gasteiger partial charge in [0.15, 0.2) is 0 Å². The molecule has 0 amide bonds. The van der Waals surface area contributed by atoms with Crippen LogP contribution in [0.3, 0.4) is 0 Å². The third kappa shape index (κ3) is 3.92. The number of fused-ring (bicyclic) bond motifs is 1. The van der Waals surface area contributed by atoms with E-state index < -0.39 is 10.0 Å². The largest absolute Gasteiger partial charge is 0.422 e. The Hall–Kier alpha value is -2.16. The summed E-state index contributed by atoms with van der Waals surface area (Å²) in [6.07, 6.45) is 1.35. The highest BCUT2D eigenvalue weighted by atomic mass is 32.2. The molecule has 0 unspecified atom stereocenters. The summed E-state index contributed by atoms with van der Waals surface area (Å²) in [4.78, 5) is 16.3. The monoisotopic (exact) mass is 404 g/mol. The van der Waals surface area contributed by atoms with Crippen LogP contribution in [0.4, 0.5) is 0 Å². The van der Waals surface area contributed by atoms with Crippen LogP contribution < -0.4 is 5.63 Å². The fraction of sp³-hybridized carbons (Fsp3) is 0.263. The fourth-order valence-electron chi connectivity index (χ4n) is 2.61. The summed E-state index contributed by atoms with van der Waals surface area (Å²) in [5.74, 6) is 0.525. The zero-order valence-corrected chi connectivity index (χ0v) is 17.1. The van der Waals surface area contributed by atoms with E-state index >= 15 is 0 Å². The van der Waals surface area contributed by atoms with Crippen molar-refractivity contribution in [2.45, 2.75) is 29.5 Å². The Morgan fingerprint density at radius 3 is 2.52 bits per heavy atom. The summed E-state index contributed by atoms with van der Waals surface area (Å²) in [6, 6.07) is 8.66. The summed E-state index contributed by atoms with van der Waals surface area (Å²) < 4.78 is 30.7. The molecule has 3 rings (SSSR count). The molecule has 0 fully saturated rings. The summed E-state index contributed by atoms with van der Waals surface area (Å²) in [6.45, 7) is 3.91. The molecule has 0 aliphatic rings. The van der Waals surface area contributed by atoms with Crippen LogP contribution in [0.1, 0.15) is 16.7 Å². The lowest BCUT2D eigenvalue weighted by atomic mass is 10.0. The van der Waals surface area contributed by atoms with Gasteiger partial charge < -0.3 is 4.42 Å². The summed E-state index contributed by atoms with van der Waals surface area (Å²) in [5.41, 5.74) is 3.11. The van der Waals surface area contributed by atoms with Crippen LogP contribution in [-0.4, -0.2) is 31.8 Å². The molecule has 2 heterocycles. The molecule has 8 heteroatoms. The van der Waals surface area contributed by atoms with E-state index in [1.165, 1.54) is 44.2 Å². The van der Waals surface area contributed by atoms with Gasteiger partial charge in [0.05, 0.1) is 5.03 Å². The van der Waals surface area contributed by atoms with Crippen molar-refractivity contribution in [3.05, 3.63) is 63.6 Å². The van der Waals surface area contributed by atoms with E-state index in [1.54, 1.807) is 6.07 Å². The molecule has 0 atom stereocenters. The summed E-state index contributed by atoms with van der Waals surface area (Å²) in [7, 11) is -0.536. The van der Waals surface area contributed by atoms with Crippen LogP contribution >= 0.6 is 11.8 Å². The fourth-order valence-corrected chi connectivity index (χ4v) is 4.29. The number of pyridine rings is 1. The minimum atomic E-state index is -3.50. The van der Waals surface area contributed by atoms with E-state index in [0.717, 1.165) is 26.4 Å². The SMILES string of the molecule is Cc1ccc2c(CSc3ccc(S(=O)(=O)N(C)C)cn3)cc(=O)oc2c1C. The van der Waals surface area contributed by atoms with Crippen LogP contribution in [0.25, 0.3) is 11.0 Å². The van der Waals surface area contributed by atoms with Crippen molar-refractivity contribution in [2.75, 3.05) is 14.1 Å². The molecule has 2 aromatic heterocycles. The molecule has 0 aliphatic heterocycles. The van der Waals surface area contributed by atoms with E-state index in [4.69, 9.17) is 4.42 Å². The van der Waals surface area contributed by atoms with E-state index in [-0.39, 0.29) is 10.5 Å². The first-order valence-corrected chi connectivity index (χ1v) is 10.7. The predicted octanol–water partition coefficient (Wildman–Crippen LogP) is 3.35. The Morgan fingerprint density at radius 2 is 1.89 bits per heavy atom. The normalized spacial score (nSPS) is 12.0. The van der Waals surface area contributed by atoms with E-state index in [1.807, 2.05) is 26.0 Å². The molecule has 142 valence electrons. The topological polar surface area (TPSA) is 80.5 Å². The second-order valence-corrected chi connectivity index (χ2v) is 9.53. The molecular formula is C19H20N2O4S2. The van der Waals surface area contributed by atoms with Gasteiger partial charge in [0, 0.05) is 37.5 Å². The zero-order chi connectivity index (χ0) is 19.8. The number of sulfonamides is 1. The van der Waals surface area contributed by atoms with Crippen molar-refractivity contribution in [2.24, 2.45) is 0 Å². The number of thioether (sulfide) groups is 1. The average molecular weight is 405 g/mol. The average Bonchev–Trinajstić information content (AvgIpc) is 2.63. The molecule has 0 radical (unpaired) electrons. The Bertz CT molecular complexity index is 1150. The van der Waals surface area contributed by atoms with Crippen molar-refractivity contribution in [3.8, 4) is 0 Å². The van der Waals surface area contributed by atoms with E-state index in [9.17, 15) is 13.2 Å². The number of hydrogen-bond acceptors (Lipinski definition) is 6. The van der Waals surface area contributed by atoms with Gasteiger partial charge in [-0.2, -0.15) is 0 Å². The quantitative estimate of drug-likeness (QED) is 0.479. The molecular weight excluding hydrogens is 384 g/mol. The first kappa shape index (κ1) is 19.6. The molecule has 0 N–H and O–H groups in total. The van der Waals surface area contributed by atoms with Gasteiger partial charge in [-0.3, -0.25) is 0 Å². The van der Waals surface area contributed by atoms with Crippen molar-refractivity contribution >= 4 is 32.8 Å². The molecule has 0 saturated heterocycles. The lowest BCUT2D eigenvalue weighted by molar-refractivity contribution is 0.520. The highest BCUT2D eigenvalue weighted by molar-refractivity contribution is 7.98. The lowest BCUT2D eigenvalue weighted by Gasteiger charge is -2.11. The Labute approximate surface area is 162 Å². The maximum absolute atomic E-state index is 12.1. The van der Waals surface area contributed by atoms with Crippen LogP contribution in [-0.2, 0) is 15.8 Å². The van der Waals surface area contributed by atoms with Gasteiger partial charge in [-0.1, -0.05) is 12.1 Å². The van der Waals surface area contributed by atoms with Gasteiger partial charge in [-0.25, -0.2) is 22.5 Å². The van der Waals surface area contributed by atoms with Crippen LogP contribution in [0.5, 0.6) is 0 Å². The van der Waals surface area contributed by atoms with Gasteiger partial charge in [0.25, 0.3) is 0 Å². The third-order valence-electron chi connectivity index (χ3n) is 4.38. The van der Waals surface area contributed by atoms with Crippen LogP contribution in [0.15, 0.2) is 55.7 Å². The van der Waals surface area contributed by atoms with Crippen LogP contribution in [0, 0.1) is 13.8 Å².